The van der Waals surface area contributed by atoms with Crippen LogP contribution in [0.15, 0.2) is 6.20 Å². The van der Waals surface area contributed by atoms with Crippen LogP contribution in [0.2, 0.25) is 0 Å². The third-order valence-corrected chi connectivity index (χ3v) is 3.89. The lowest BCUT2D eigenvalue weighted by atomic mass is 10.0. The highest BCUT2D eigenvalue weighted by Crippen LogP contribution is 2.22. The van der Waals surface area contributed by atoms with Gasteiger partial charge in [-0.25, -0.2) is 9.48 Å². The lowest BCUT2D eigenvalue weighted by Gasteiger charge is -2.41. The van der Waals surface area contributed by atoms with E-state index in [9.17, 15) is 9.59 Å². The third-order valence-electron chi connectivity index (χ3n) is 3.89. The van der Waals surface area contributed by atoms with E-state index in [1.807, 2.05) is 0 Å². The number of piperidine rings is 1. The Morgan fingerprint density at radius 3 is 2.75 bits per heavy atom. The summed E-state index contributed by atoms with van der Waals surface area (Å²) < 4.78 is 1.53. The van der Waals surface area contributed by atoms with Gasteiger partial charge in [-0.2, -0.15) is 0 Å². The smallest absolute Gasteiger partial charge is 0.358 e. The number of carboxylic acids is 1. The first-order valence-electron chi connectivity index (χ1n) is 6.82. The molecule has 1 unspecified atom stereocenters. The van der Waals surface area contributed by atoms with E-state index in [1.54, 1.807) is 4.90 Å². The number of nitrogens with zero attached hydrogens (tertiary/aromatic N) is 4. The van der Waals surface area contributed by atoms with Crippen LogP contribution in [0.5, 0.6) is 0 Å². The third kappa shape index (κ3) is 2.38. The molecule has 0 spiro atoms. The van der Waals surface area contributed by atoms with Crippen molar-refractivity contribution in [3.05, 3.63) is 11.9 Å². The summed E-state index contributed by atoms with van der Waals surface area (Å²) in [6.07, 6.45) is 4.52. The largest absolute Gasteiger partial charge is 0.476 e. The fraction of sp³-hybridized carbons (Fsp3) is 0.667. The van der Waals surface area contributed by atoms with Crippen LogP contribution in [0.1, 0.15) is 35.8 Å². The lowest BCUT2D eigenvalue weighted by molar-refractivity contribution is -0.140. The van der Waals surface area contributed by atoms with Crippen molar-refractivity contribution in [3.8, 4) is 0 Å². The molecule has 0 bridgehead atoms. The van der Waals surface area contributed by atoms with Crippen molar-refractivity contribution in [1.29, 1.82) is 0 Å². The van der Waals surface area contributed by atoms with Gasteiger partial charge in [0.2, 0.25) is 5.91 Å². The zero-order valence-electron chi connectivity index (χ0n) is 11.0. The number of likely N-dealkylation sites (tertiary alicyclic amines) is 1. The van der Waals surface area contributed by atoms with Gasteiger partial charge in [-0.1, -0.05) is 11.6 Å². The van der Waals surface area contributed by atoms with E-state index >= 15 is 0 Å². The Kier molecular flexibility index (Phi) is 3.39. The molecule has 1 aromatic heterocycles. The van der Waals surface area contributed by atoms with E-state index in [0.717, 1.165) is 25.8 Å². The predicted octanol–water partition coefficient (Wildman–Crippen LogP) is -0.498. The van der Waals surface area contributed by atoms with Gasteiger partial charge >= 0.3 is 5.97 Å². The van der Waals surface area contributed by atoms with Crippen molar-refractivity contribution in [1.82, 2.24) is 25.2 Å². The molecule has 2 fully saturated rings. The predicted molar refractivity (Wildman–Crippen MR) is 68.2 cm³/mol. The number of amides is 1. The molecule has 2 aliphatic heterocycles. The summed E-state index contributed by atoms with van der Waals surface area (Å²) >= 11 is 0. The van der Waals surface area contributed by atoms with Crippen LogP contribution >= 0.6 is 0 Å². The van der Waals surface area contributed by atoms with E-state index < -0.39 is 5.97 Å². The quantitative estimate of drug-likeness (QED) is 0.774. The fourth-order valence-electron chi connectivity index (χ4n) is 2.64. The zero-order chi connectivity index (χ0) is 14.1. The molecule has 0 radical (unpaired) electrons. The van der Waals surface area contributed by atoms with Crippen LogP contribution in [0.25, 0.3) is 0 Å². The van der Waals surface area contributed by atoms with Gasteiger partial charge in [0, 0.05) is 13.1 Å². The highest BCUT2D eigenvalue weighted by molar-refractivity contribution is 5.84. The molecule has 20 heavy (non-hydrogen) atoms. The first kappa shape index (κ1) is 13.0. The van der Waals surface area contributed by atoms with Crippen molar-refractivity contribution in [2.45, 2.75) is 31.3 Å². The number of rotatable bonds is 3. The maximum Gasteiger partial charge on any atom is 0.358 e. The number of carbonyl (C=O) groups is 2. The first-order chi connectivity index (χ1) is 9.65. The Morgan fingerprint density at radius 1 is 1.35 bits per heavy atom. The van der Waals surface area contributed by atoms with Gasteiger partial charge < -0.3 is 15.3 Å². The Morgan fingerprint density at radius 2 is 2.15 bits per heavy atom. The molecule has 0 aliphatic carbocycles. The Hall–Kier alpha value is -1.96. The van der Waals surface area contributed by atoms with Crippen LogP contribution in [0, 0.1) is 0 Å². The summed E-state index contributed by atoms with van der Waals surface area (Å²) in [6, 6.07) is -0.0295. The topological polar surface area (TPSA) is 100 Å². The van der Waals surface area contributed by atoms with Crippen LogP contribution in [0.3, 0.4) is 0 Å². The number of aromatic carboxylic acids is 1. The molecule has 8 heteroatoms. The monoisotopic (exact) mass is 279 g/mol. The maximum absolute atomic E-state index is 12.2. The summed E-state index contributed by atoms with van der Waals surface area (Å²) in [5.41, 5.74) is -0.0660. The van der Waals surface area contributed by atoms with Crippen LogP contribution < -0.4 is 5.32 Å². The molecule has 2 aliphatic rings. The molecule has 1 atom stereocenters. The van der Waals surface area contributed by atoms with Crippen molar-refractivity contribution < 1.29 is 14.7 Å². The van der Waals surface area contributed by atoms with Gasteiger partial charge in [-0.15, -0.1) is 5.10 Å². The van der Waals surface area contributed by atoms with Crippen molar-refractivity contribution in [2.24, 2.45) is 0 Å². The van der Waals surface area contributed by atoms with Crippen LogP contribution in [0.4, 0.5) is 0 Å². The molecule has 0 aromatic carbocycles. The summed E-state index contributed by atoms with van der Waals surface area (Å²) in [5, 5.41) is 19.4. The van der Waals surface area contributed by atoms with Crippen molar-refractivity contribution in [2.75, 3.05) is 19.6 Å². The summed E-state index contributed by atoms with van der Waals surface area (Å²) in [6.45, 7) is 2.04. The second-order valence-electron chi connectivity index (χ2n) is 5.29. The summed E-state index contributed by atoms with van der Waals surface area (Å²) in [5.74, 6) is -0.950. The van der Waals surface area contributed by atoms with Crippen molar-refractivity contribution in [3.63, 3.8) is 0 Å². The Balaban J connectivity index is 1.55. The SMILES string of the molecule is O=C(O)c1cn(C2CN(C(=O)C3CCCCN3)C2)nn1. The van der Waals surface area contributed by atoms with Crippen LogP contribution in [-0.2, 0) is 4.79 Å². The minimum absolute atomic E-state index is 0.0307. The first-order valence-corrected chi connectivity index (χ1v) is 6.82. The molecule has 2 saturated heterocycles. The van der Waals surface area contributed by atoms with Gasteiger partial charge in [-0.05, 0) is 19.4 Å². The fourth-order valence-corrected chi connectivity index (χ4v) is 2.64. The standard InChI is InChI=1S/C12H17N5O3/c18-11(9-3-1-2-4-13-9)16-5-8(6-16)17-7-10(12(19)20)14-15-17/h7-9,13H,1-6H2,(H,19,20). The number of carboxylic acid groups (broad SMARTS) is 1. The molecule has 3 rings (SSSR count). The molecule has 108 valence electrons. The zero-order valence-corrected chi connectivity index (χ0v) is 11.0. The van der Waals surface area contributed by atoms with E-state index in [2.05, 4.69) is 15.6 Å². The molecule has 0 saturated carbocycles. The molecule has 1 aromatic rings. The van der Waals surface area contributed by atoms with E-state index in [0.29, 0.717) is 13.1 Å². The van der Waals surface area contributed by atoms with Gasteiger partial charge in [0.25, 0.3) is 0 Å². The summed E-state index contributed by atoms with van der Waals surface area (Å²) in [4.78, 5) is 24.7. The highest BCUT2D eigenvalue weighted by Gasteiger charge is 2.36. The van der Waals surface area contributed by atoms with E-state index in [4.69, 9.17) is 5.11 Å². The molecule has 1 amide bonds. The van der Waals surface area contributed by atoms with Crippen molar-refractivity contribution >= 4 is 11.9 Å². The van der Waals surface area contributed by atoms with E-state index in [-0.39, 0.29) is 23.7 Å². The van der Waals surface area contributed by atoms with Gasteiger partial charge in [-0.3, -0.25) is 4.79 Å². The van der Waals surface area contributed by atoms with Gasteiger partial charge in [0.15, 0.2) is 5.69 Å². The minimum atomic E-state index is -1.09. The maximum atomic E-state index is 12.2. The summed E-state index contributed by atoms with van der Waals surface area (Å²) in [7, 11) is 0. The number of nitrogens with one attached hydrogen (secondary N) is 1. The number of hydrogen-bond acceptors (Lipinski definition) is 5. The van der Waals surface area contributed by atoms with Gasteiger partial charge in [0.1, 0.15) is 0 Å². The lowest BCUT2D eigenvalue weighted by Crippen LogP contribution is -2.57. The molecule has 8 nitrogen and oxygen atoms in total. The van der Waals surface area contributed by atoms with E-state index in [1.165, 1.54) is 10.9 Å². The normalized spacial score (nSPS) is 23.4. The van der Waals surface area contributed by atoms with Gasteiger partial charge in [0.05, 0.1) is 18.3 Å². The average molecular weight is 279 g/mol. The number of hydrogen-bond donors (Lipinski definition) is 2. The average Bonchev–Trinajstić information content (AvgIpc) is 2.87. The highest BCUT2D eigenvalue weighted by atomic mass is 16.4. The number of carbonyl (C=O) groups excluding carboxylic acids is 1. The minimum Gasteiger partial charge on any atom is -0.476 e. The second-order valence-corrected chi connectivity index (χ2v) is 5.29. The Labute approximate surface area is 115 Å². The molecular formula is C12H17N5O3. The molecule has 2 N–H and O–H groups in total. The molecular weight excluding hydrogens is 262 g/mol. The second kappa shape index (κ2) is 5.20. The number of aromatic nitrogens is 3. The molecule has 3 heterocycles. The Bertz CT molecular complexity index is 517. The van der Waals surface area contributed by atoms with Crippen LogP contribution in [-0.4, -0.2) is 62.6 Å².